The molecule has 0 radical (unpaired) electrons. The molecule has 1 heterocycles. The number of aryl methyl sites for hydroxylation is 1. The third kappa shape index (κ3) is 2.29. The van der Waals surface area contributed by atoms with Gasteiger partial charge in [-0.1, -0.05) is 13.3 Å². The van der Waals surface area contributed by atoms with E-state index in [1.807, 2.05) is 0 Å². The minimum Gasteiger partial charge on any atom is -0.308 e. The predicted molar refractivity (Wildman–Crippen MR) is 56.0 cm³/mol. The largest absolute Gasteiger partial charge is 0.308 e. The number of thiazole rings is 1. The number of nitrogens with one attached hydrogen (secondary N) is 1. The van der Waals surface area contributed by atoms with Crippen molar-refractivity contribution in [1.82, 2.24) is 10.3 Å². The van der Waals surface area contributed by atoms with E-state index in [0.717, 1.165) is 19.0 Å². The van der Waals surface area contributed by atoms with Crippen molar-refractivity contribution in [1.29, 1.82) is 0 Å². The van der Waals surface area contributed by atoms with E-state index in [9.17, 15) is 0 Å². The molecule has 3 heteroatoms. The van der Waals surface area contributed by atoms with Gasteiger partial charge < -0.3 is 5.32 Å². The number of aromatic nitrogens is 1. The van der Waals surface area contributed by atoms with Crippen LogP contribution in [-0.4, -0.2) is 11.0 Å². The Morgan fingerprint density at radius 1 is 1.62 bits per heavy atom. The van der Waals surface area contributed by atoms with E-state index in [4.69, 9.17) is 0 Å². The molecule has 2 rings (SSSR count). The maximum atomic E-state index is 4.52. The van der Waals surface area contributed by atoms with Crippen LogP contribution in [0, 0.1) is 0 Å². The third-order valence-corrected chi connectivity index (χ3v) is 3.62. The summed E-state index contributed by atoms with van der Waals surface area (Å²) in [5.74, 6) is 0. The molecule has 13 heavy (non-hydrogen) atoms. The van der Waals surface area contributed by atoms with Crippen LogP contribution in [0.3, 0.4) is 0 Å². The molecule has 0 saturated heterocycles. The molecule has 0 unspecified atom stereocenters. The van der Waals surface area contributed by atoms with Crippen molar-refractivity contribution in [2.45, 2.75) is 45.2 Å². The smallest absolute Gasteiger partial charge is 0.0926 e. The Morgan fingerprint density at radius 3 is 3.00 bits per heavy atom. The van der Waals surface area contributed by atoms with Crippen LogP contribution >= 0.6 is 11.3 Å². The highest BCUT2D eigenvalue weighted by Crippen LogP contribution is 2.18. The van der Waals surface area contributed by atoms with Crippen LogP contribution in [-0.2, 0) is 13.0 Å². The normalized spacial score (nSPS) is 17.3. The van der Waals surface area contributed by atoms with Gasteiger partial charge in [-0.3, -0.25) is 0 Å². The summed E-state index contributed by atoms with van der Waals surface area (Å²) in [5, 5.41) is 6.94. The molecule has 1 aliphatic rings. The van der Waals surface area contributed by atoms with Crippen molar-refractivity contribution in [3.05, 3.63) is 16.1 Å². The van der Waals surface area contributed by atoms with Crippen LogP contribution in [0.4, 0.5) is 0 Å². The average molecular weight is 196 g/mol. The third-order valence-electron chi connectivity index (χ3n) is 2.58. The lowest BCUT2D eigenvalue weighted by atomic mass is 9.93. The van der Waals surface area contributed by atoms with E-state index >= 15 is 0 Å². The van der Waals surface area contributed by atoms with E-state index in [1.54, 1.807) is 11.3 Å². The highest BCUT2D eigenvalue weighted by molar-refractivity contribution is 7.09. The zero-order valence-electron chi connectivity index (χ0n) is 8.05. The van der Waals surface area contributed by atoms with Gasteiger partial charge in [-0.05, 0) is 19.3 Å². The summed E-state index contributed by atoms with van der Waals surface area (Å²) in [4.78, 5) is 4.52. The van der Waals surface area contributed by atoms with Crippen LogP contribution in [0.5, 0.6) is 0 Å². The summed E-state index contributed by atoms with van der Waals surface area (Å²) in [6.07, 6.45) is 5.17. The Labute approximate surface area is 83.4 Å². The van der Waals surface area contributed by atoms with E-state index in [-0.39, 0.29) is 0 Å². The van der Waals surface area contributed by atoms with Gasteiger partial charge in [0, 0.05) is 18.0 Å². The zero-order chi connectivity index (χ0) is 9.10. The number of hydrogen-bond donors (Lipinski definition) is 1. The van der Waals surface area contributed by atoms with Gasteiger partial charge in [0.2, 0.25) is 0 Å². The topological polar surface area (TPSA) is 24.9 Å². The fraction of sp³-hybridized carbons (Fsp3) is 0.700. The number of nitrogens with zero attached hydrogens (tertiary/aromatic N) is 1. The van der Waals surface area contributed by atoms with Crippen LogP contribution in [0.2, 0.25) is 0 Å². The van der Waals surface area contributed by atoms with Crippen molar-refractivity contribution in [3.8, 4) is 0 Å². The molecule has 0 spiro atoms. The van der Waals surface area contributed by atoms with Gasteiger partial charge in [0.05, 0.1) is 10.7 Å². The van der Waals surface area contributed by atoms with E-state index in [0.29, 0.717) is 0 Å². The Bertz CT molecular complexity index is 266. The van der Waals surface area contributed by atoms with Crippen molar-refractivity contribution in [3.63, 3.8) is 0 Å². The second-order valence-electron chi connectivity index (χ2n) is 3.59. The summed E-state index contributed by atoms with van der Waals surface area (Å²) in [5.41, 5.74) is 1.22. The number of rotatable bonds is 4. The molecule has 1 N–H and O–H groups in total. The zero-order valence-corrected chi connectivity index (χ0v) is 8.86. The van der Waals surface area contributed by atoms with Gasteiger partial charge in [0.25, 0.3) is 0 Å². The second-order valence-corrected chi connectivity index (χ2v) is 4.54. The Balaban J connectivity index is 1.79. The lowest BCUT2D eigenvalue weighted by Crippen LogP contribution is -2.34. The SMILES string of the molecule is CCc1nc(CNC2CCC2)cs1. The molecule has 1 fully saturated rings. The molecule has 0 amide bonds. The first-order chi connectivity index (χ1) is 6.38. The van der Waals surface area contributed by atoms with Crippen molar-refractivity contribution in [2.24, 2.45) is 0 Å². The van der Waals surface area contributed by atoms with Crippen LogP contribution < -0.4 is 5.32 Å². The monoisotopic (exact) mass is 196 g/mol. The van der Waals surface area contributed by atoms with Gasteiger partial charge >= 0.3 is 0 Å². The van der Waals surface area contributed by atoms with Crippen LogP contribution in [0.1, 0.15) is 36.9 Å². The first-order valence-electron chi connectivity index (χ1n) is 5.05. The van der Waals surface area contributed by atoms with Gasteiger partial charge in [-0.2, -0.15) is 0 Å². The van der Waals surface area contributed by atoms with Crippen molar-refractivity contribution in [2.75, 3.05) is 0 Å². The first kappa shape index (κ1) is 9.16. The van der Waals surface area contributed by atoms with Crippen molar-refractivity contribution >= 4 is 11.3 Å². The molecule has 0 aliphatic heterocycles. The van der Waals surface area contributed by atoms with Gasteiger partial charge in [-0.15, -0.1) is 11.3 Å². The van der Waals surface area contributed by atoms with Crippen LogP contribution in [0.15, 0.2) is 5.38 Å². The van der Waals surface area contributed by atoms with Gasteiger partial charge in [0.15, 0.2) is 0 Å². The molecule has 72 valence electrons. The standard InChI is InChI=1S/C10H16N2S/c1-2-10-12-9(7-13-10)6-11-8-4-3-5-8/h7-8,11H,2-6H2,1H3. The average Bonchev–Trinajstić information content (AvgIpc) is 2.49. The molecule has 0 aromatic carbocycles. The number of hydrogen-bond acceptors (Lipinski definition) is 3. The van der Waals surface area contributed by atoms with Crippen LogP contribution in [0.25, 0.3) is 0 Å². The minimum absolute atomic E-state index is 0.770. The van der Waals surface area contributed by atoms with Crippen molar-refractivity contribution < 1.29 is 0 Å². The summed E-state index contributed by atoms with van der Waals surface area (Å²) in [6.45, 7) is 3.11. The van der Waals surface area contributed by atoms with Gasteiger partial charge in [0.1, 0.15) is 0 Å². The van der Waals surface area contributed by atoms with E-state index in [2.05, 4.69) is 22.6 Å². The molecular weight excluding hydrogens is 180 g/mol. The fourth-order valence-electron chi connectivity index (χ4n) is 1.45. The summed E-state index contributed by atoms with van der Waals surface area (Å²) < 4.78 is 0. The minimum atomic E-state index is 0.770. The Kier molecular flexibility index (Phi) is 2.96. The summed E-state index contributed by atoms with van der Waals surface area (Å²) in [6, 6.07) is 0.770. The Morgan fingerprint density at radius 2 is 2.46 bits per heavy atom. The lowest BCUT2D eigenvalue weighted by Gasteiger charge is -2.26. The van der Waals surface area contributed by atoms with Gasteiger partial charge in [-0.25, -0.2) is 4.98 Å². The highest BCUT2D eigenvalue weighted by Gasteiger charge is 2.16. The maximum Gasteiger partial charge on any atom is 0.0926 e. The summed E-state index contributed by atoms with van der Waals surface area (Å²) in [7, 11) is 0. The van der Waals surface area contributed by atoms with E-state index in [1.165, 1.54) is 30.0 Å². The predicted octanol–water partition coefficient (Wildman–Crippen LogP) is 2.35. The molecule has 0 atom stereocenters. The molecule has 1 aromatic heterocycles. The lowest BCUT2D eigenvalue weighted by molar-refractivity contribution is 0.337. The summed E-state index contributed by atoms with van der Waals surface area (Å²) >= 11 is 1.78. The molecular formula is C10H16N2S. The van der Waals surface area contributed by atoms with E-state index < -0.39 is 0 Å². The molecule has 2 nitrogen and oxygen atoms in total. The first-order valence-corrected chi connectivity index (χ1v) is 5.93. The molecule has 0 bridgehead atoms. The quantitative estimate of drug-likeness (QED) is 0.799. The second kappa shape index (κ2) is 4.20. The highest BCUT2D eigenvalue weighted by atomic mass is 32.1. The molecule has 1 aromatic rings. The maximum absolute atomic E-state index is 4.52. The fourth-order valence-corrected chi connectivity index (χ4v) is 2.20. The molecule has 1 saturated carbocycles. The molecule has 1 aliphatic carbocycles. The Hall–Kier alpha value is -0.410.